The number of aryl methyl sites for hydroxylation is 2. The normalized spacial score (nSPS) is 30.6. The molecular weight excluding hydrogens is 272 g/mol. The molecule has 110 valence electrons. The van der Waals surface area contributed by atoms with Crippen LogP contribution in [0, 0.1) is 25.7 Å². The van der Waals surface area contributed by atoms with E-state index in [9.17, 15) is 8.42 Å². The van der Waals surface area contributed by atoms with Gasteiger partial charge in [0.15, 0.2) is 0 Å². The van der Waals surface area contributed by atoms with Gasteiger partial charge in [-0.1, -0.05) is 12.1 Å². The van der Waals surface area contributed by atoms with Gasteiger partial charge in [0.1, 0.15) is 0 Å². The maximum atomic E-state index is 12.8. The maximum Gasteiger partial charge on any atom is 0.243 e. The van der Waals surface area contributed by atoms with Crippen molar-refractivity contribution in [1.29, 1.82) is 0 Å². The van der Waals surface area contributed by atoms with Crippen molar-refractivity contribution >= 4 is 10.0 Å². The quantitative estimate of drug-likeness (QED) is 0.902. The van der Waals surface area contributed by atoms with Gasteiger partial charge >= 0.3 is 0 Å². The number of benzene rings is 1. The number of nitrogens with zero attached hydrogens (tertiary/aromatic N) is 1. The number of sulfonamides is 1. The van der Waals surface area contributed by atoms with E-state index in [1.165, 1.54) is 0 Å². The first-order valence-corrected chi connectivity index (χ1v) is 8.66. The third kappa shape index (κ3) is 2.18. The molecule has 0 aromatic heterocycles. The molecule has 2 N–H and O–H groups in total. The summed E-state index contributed by atoms with van der Waals surface area (Å²) in [4.78, 5) is 0.450. The molecule has 3 unspecified atom stereocenters. The third-order valence-corrected chi connectivity index (χ3v) is 6.81. The van der Waals surface area contributed by atoms with E-state index in [1.54, 1.807) is 10.4 Å². The average molecular weight is 294 g/mol. The predicted octanol–water partition coefficient (Wildman–Crippen LogP) is 1.66. The molecule has 4 nitrogen and oxygen atoms in total. The van der Waals surface area contributed by atoms with Crippen LogP contribution in [0.3, 0.4) is 0 Å². The minimum Gasteiger partial charge on any atom is -0.327 e. The maximum absolute atomic E-state index is 12.8. The van der Waals surface area contributed by atoms with Crippen molar-refractivity contribution in [2.75, 3.05) is 13.1 Å². The zero-order chi connectivity index (χ0) is 14.5. The molecule has 3 atom stereocenters. The van der Waals surface area contributed by atoms with E-state index in [1.807, 2.05) is 26.0 Å². The van der Waals surface area contributed by atoms with Crippen molar-refractivity contribution in [2.24, 2.45) is 17.6 Å². The summed E-state index contributed by atoms with van der Waals surface area (Å²) < 4.78 is 27.3. The minimum atomic E-state index is -3.38. The minimum absolute atomic E-state index is 0.166. The number of nitrogens with two attached hydrogens (primary N) is 1. The summed E-state index contributed by atoms with van der Waals surface area (Å²) in [5.41, 5.74) is 7.89. The number of hydrogen-bond acceptors (Lipinski definition) is 3. The van der Waals surface area contributed by atoms with E-state index in [4.69, 9.17) is 5.73 Å². The Hall–Kier alpha value is -0.910. The molecule has 0 spiro atoms. The lowest BCUT2D eigenvalue weighted by atomic mass is 9.98. The van der Waals surface area contributed by atoms with E-state index in [2.05, 4.69) is 0 Å². The molecule has 2 aliphatic rings. The van der Waals surface area contributed by atoms with Crippen LogP contribution in [0.1, 0.15) is 24.0 Å². The molecular formula is C15H22N2O2S. The van der Waals surface area contributed by atoms with Crippen LogP contribution in [0.15, 0.2) is 23.1 Å². The summed E-state index contributed by atoms with van der Waals surface area (Å²) in [6.07, 6.45) is 2.09. The molecule has 0 amide bonds. The fourth-order valence-corrected chi connectivity index (χ4v) is 5.43. The summed E-state index contributed by atoms with van der Waals surface area (Å²) >= 11 is 0. The molecule has 1 saturated heterocycles. The van der Waals surface area contributed by atoms with E-state index in [0.29, 0.717) is 29.8 Å². The van der Waals surface area contributed by atoms with Crippen LogP contribution < -0.4 is 5.73 Å². The highest BCUT2D eigenvalue weighted by Crippen LogP contribution is 2.39. The van der Waals surface area contributed by atoms with Crippen molar-refractivity contribution in [1.82, 2.24) is 4.31 Å². The van der Waals surface area contributed by atoms with E-state index in [0.717, 1.165) is 24.0 Å². The highest BCUT2D eigenvalue weighted by molar-refractivity contribution is 7.89. The van der Waals surface area contributed by atoms with Crippen LogP contribution in [0.5, 0.6) is 0 Å². The van der Waals surface area contributed by atoms with Gasteiger partial charge in [0.25, 0.3) is 0 Å². The van der Waals surface area contributed by atoms with Gasteiger partial charge in [-0.3, -0.25) is 0 Å². The second-order valence-corrected chi connectivity index (χ2v) is 8.16. The topological polar surface area (TPSA) is 63.4 Å². The van der Waals surface area contributed by atoms with Gasteiger partial charge in [-0.15, -0.1) is 0 Å². The lowest BCUT2D eigenvalue weighted by molar-refractivity contribution is 0.427. The van der Waals surface area contributed by atoms with E-state index < -0.39 is 10.0 Å². The molecule has 2 fully saturated rings. The first-order chi connectivity index (χ1) is 9.39. The Bertz CT molecular complexity index is 627. The summed E-state index contributed by atoms with van der Waals surface area (Å²) in [5.74, 6) is 0.791. The standard InChI is InChI=1S/C15H22N2O2S/c1-10-3-4-11(2)15(7-10)20(18,19)17-8-12-5-6-14(16)13(12)9-17/h3-4,7,12-14H,5-6,8-9,16H2,1-2H3. The van der Waals surface area contributed by atoms with E-state index in [-0.39, 0.29) is 6.04 Å². The lowest BCUT2D eigenvalue weighted by Gasteiger charge is -2.20. The molecule has 0 bridgehead atoms. The number of hydrogen-bond donors (Lipinski definition) is 1. The first kappa shape index (κ1) is 14.0. The van der Waals surface area contributed by atoms with Gasteiger partial charge in [-0.05, 0) is 55.7 Å². The number of rotatable bonds is 2. The van der Waals surface area contributed by atoms with Crippen molar-refractivity contribution in [2.45, 2.75) is 37.6 Å². The molecule has 1 aromatic carbocycles. The van der Waals surface area contributed by atoms with Crippen LogP contribution >= 0.6 is 0 Å². The van der Waals surface area contributed by atoms with Crippen molar-refractivity contribution in [3.8, 4) is 0 Å². The van der Waals surface area contributed by atoms with Crippen molar-refractivity contribution < 1.29 is 8.42 Å². The van der Waals surface area contributed by atoms with Gasteiger partial charge in [-0.25, -0.2) is 8.42 Å². The number of fused-ring (bicyclic) bond motifs is 1. The third-order valence-electron chi connectivity index (χ3n) is 4.84. The fraction of sp³-hybridized carbons (Fsp3) is 0.600. The Morgan fingerprint density at radius 3 is 2.65 bits per heavy atom. The lowest BCUT2D eigenvalue weighted by Crippen LogP contribution is -2.33. The van der Waals surface area contributed by atoms with Gasteiger partial charge in [-0.2, -0.15) is 4.31 Å². The van der Waals surface area contributed by atoms with Gasteiger partial charge in [0, 0.05) is 19.1 Å². The molecule has 1 aliphatic heterocycles. The summed E-state index contributed by atoms with van der Waals surface area (Å²) in [6.45, 7) is 5.00. The Balaban J connectivity index is 1.92. The van der Waals surface area contributed by atoms with Gasteiger partial charge in [0.05, 0.1) is 4.90 Å². The van der Waals surface area contributed by atoms with Crippen molar-refractivity contribution in [3.63, 3.8) is 0 Å². The highest BCUT2D eigenvalue weighted by Gasteiger charge is 2.45. The van der Waals surface area contributed by atoms with Gasteiger partial charge in [0.2, 0.25) is 10.0 Å². The largest absolute Gasteiger partial charge is 0.327 e. The summed E-state index contributed by atoms with van der Waals surface area (Å²) in [5, 5.41) is 0. The summed E-state index contributed by atoms with van der Waals surface area (Å²) in [7, 11) is -3.38. The SMILES string of the molecule is Cc1ccc(C)c(S(=O)(=O)N2CC3CCC(N)C3C2)c1. The van der Waals surface area contributed by atoms with Crippen LogP contribution in [-0.2, 0) is 10.0 Å². The zero-order valence-corrected chi connectivity index (χ0v) is 12.9. The highest BCUT2D eigenvalue weighted by atomic mass is 32.2. The first-order valence-electron chi connectivity index (χ1n) is 7.22. The van der Waals surface area contributed by atoms with Crippen molar-refractivity contribution in [3.05, 3.63) is 29.3 Å². The van der Waals surface area contributed by atoms with Crippen LogP contribution in [-0.4, -0.2) is 31.9 Å². The second kappa shape index (κ2) is 4.83. The Kier molecular flexibility index (Phi) is 3.39. The molecule has 1 aromatic rings. The van der Waals surface area contributed by atoms with Crippen LogP contribution in [0.25, 0.3) is 0 Å². The molecule has 3 rings (SSSR count). The Morgan fingerprint density at radius 2 is 1.95 bits per heavy atom. The Morgan fingerprint density at radius 1 is 1.20 bits per heavy atom. The monoisotopic (exact) mass is 294 g/mol. The summed E-state index contributed by atoms with van der Waals surface area (Å²) in [6, 6.07) is 5.77. The van der Waals surface area contributed by atoms with Gasteiger partial charge < -0.3 is 5.73 Å². The molecule has 1 aliphatic carbocycles. The molecule has 5 heteroatoms. The fourth-order valence-electron chi connectivity index (χ4n) is 3.59. The van der Waals surface area contributed by atoms with E-state index >= 15 is 0 Å². The Labute approximate surface area is 121 Å². The van der Waals surface area contributed by atoms with Crippen LogP contribution in [0.2, 0.25) is 0 Å². The second-order valence-electron chi connectivity index (χ2n) is 6.26. The van der Waals surface area contributed by atoms with Crippen LogP contribution in [0.4, 0.5) is 0 Å². The molecule has 1 heterocycles. The smallest absolute Gasteiger partial charge is 0.243 e. The molecule has 1 saturated carbocycles. The average Bonchev–Trinajstić information content (AvgIpc) is 2.95. The molecule has 0 radical (unpaired) electrons. The molecule has 20 heavy (non-hydrogen) atoms. The predicted molar refractivity (Wildman–Crippen MR) is 78.9 cm³/mol. The zero-order valence-electron chi connectivity index (χ0n) is 12.0.